The molecule has 3 amide bonds. The first-order chi connectivity index (χ1) is 20.1. The van der Waals surface area contributed by atoms with Crippen LogP contribution < -0.4 is 16.0 Å². The van der Waals surface area contributed by atoms with Gasteiger partial charge in [0.1, 0.15) is 23.3 Å². The van der Waals surface area contributed by atoms with Gasteiger partial charge in [-0.05, 0) is 65.6 Å². The molecule has 3 aromatic carbocycles. The molecule has 4 aromatic rings. The number of nitrogens with one attached hydrogen (secondary N) is 3. The van der Waals surface area contributed by atoms with Crippen LogP contribution in [0.4, 0.5) is 23.2 Å². The van der Waals surface area contributed by atoms with Gasteiger partial charge in [0.05, 0.1) is 23.2 Å². The Morgan fingerprint density at radius 3 is 2.45 bits per heavy atom. The molecule has 42 heavy (non-hydrogen) atoms. The molecule has 7 nitrogen and oxygen atoms in total. The molecular weight excluding hydrogens is 552 g/mol. The van der Waals surface area contributed by atoms with Crippen LogP contribution in [0.25, 0.3) is 11.1 Å². The standard InChI is InChI=1S/C31H24F4N4O3/c1-36-30(41)24-12-17(4-7-25(24)35)21-3-2-8-37-29(21)27(11-16-9-19(33)13-20(34)10-16)38-28(40)15-23-22-6-5-18(32)14-26(22)39-31(23)42/h2-10,12-14,23,27H,11,15H2,1H3,(H,36,41)(H,38,40)(H,39,42)/t23?,27-/m0/s1. The van der Waals surface area contributed by atoms with Crippen LogP contribution in [0.3, 0.4) is 0 Å². The summed E-state index contributed by atoms with van der Waals surface area (Å²) in [5.41, 5.74) is 1.88. The smallest absolute Gasteiger partial charge is 0.254 e. The molecule has 3 N–H and O–H groups in total. The van der Waals surface area contributed by atoms with Gasteiger partial charge < -0.3 is 16.0 Å². The highest BCUT2D eigenvalue weighted by Crippen LogP contribution is 2.36. The maximum atomic E-state index is 14.4. The van der Waals surface area contributed by atoms with E-state index in [-0.39, 0.29) is 35.3 Å². The summed E-state index contributed by atoms with van der Waals surface area (Å²) in [5.74, 6) is -5.47. The van der Waals surface area contributed by atoms with Crippen LogP contribution >= 0.6 is 0 Å². The van der Waals surface area contributed by atoms with Crippen molar-refractivity contribution in [2.45, 2.75) is 24.8 Å². The van der Waals surface area contributed by atoms with Crippen molar-refractivity contribution in [3.63, 3.8) is 0 Å². The second kappa shape index (κ2) is 11.8. The van der Waals surface area contributed by atoms with E-state index in [1.807, 2.05) is 0 Å². The zero-order chi connectivity index (χ0) is 30.0. The summed E-state index contributed by atoms with van der Waals surface area (Å²) in [6.07, 6.45) is 1.08. The van der Waals surface area contributed by atoms with Crippen LogP contribution in [-0.2, 0) is 16.0 Å². The summed E-state index contributed by atoms with van der Waals surface area (Å²) in [4.78, 5) is 42.6. The SMILES string of the molecule is CNC(=O)c1cc(-c2cccnc2[C@H](Cc2cc(F)cc(F)c2)NC(=O)CC2C(=O)Nc3cc(F)ccc32)ccc1F. The third-order valence-corrected chi connectivity index (χ3v) is 6.97. The number of amides is 3. The Labute approximate surface area is 238 Å². The highest BCUT2D eigenvalue weighted by atomic mass is 19.1. The van der Waals surface area contributed by atoms with Gasteiger partial charge in [-0.15, -0.1) is 0 Å². The first-order valence-electron chi connectivity index (χ1n) is 12.9. The van der Waals surface area contributed by atoms with Crippen molar-refractivity contribution in [1.29, 1.82) is 0 Å². The molecule has 5 rings (SSSR count). The van der Waals surface area contributed by atoms with Gasteiger partial charge in [-0.25, -0.2) is 17.6 Å². The fourth-order valence-electron chi connectivity index (χ4n) is 5.06. The third kappa shape index (κ3) is 5.99. The number of hydrogen-bond acceptors (Lipinski definition) is 4. The lowest BCUT2D eigenvalue weighted by atomic mass is 9.93. The number of nitrogens with zero attached hydrogens (tertiary/aromatic N) is 1. The van der Waals surface area contributed by atoms with Gasteiger partial charge in [0.15, 0.2) is 0 Å². The van der Waals surface area contributed by atoms with Crippen molar-refractivity contribution in [2.75, 3.05) is 12.4 Å². The second-order valence-corrected chi connectivity index (χ2v) is 9.79. The second-order valence-electron chi connectivity index (χ2n) is 9.79. The quantitative estimate of drug-likeness (QED) is 0.252. The first kappa shape index (κ1) is 28.5. The number of anilines is 1. The zero-order valence-electron chi connectivity index (χ0n) is 22.2. The van der Waals surface area contributed by atoms with Crippen molar-refractivity contribution in [3.8, 4) is 11.1 Å². The lowest BCUT2D eigenvalue weighted by Gasteiger charge is -2.22. The van der Waals surface area contributed by atoms with Crippen LogP contribution in [0.15, 0.2) is 72.9 Å². The molecule has 0 saturated carbocycles. The molecule has 0 fully saturated rings. The largest absolute Gasteiger partial charge is 0.355 e. The minimum atomic E-state index is -0.958. The first-order valence-corrected chi connectivity index (χ1v) is 12.9. The van der Waals surface area contributed by atoms with E-state index in [0.717, 1.165) is 24.3 Å². The Bertz CT molecular complexity index is 1690. The highest BCUT2D eigenvalue weighted by Gasteiger charge is 2.33. The monoisotopic (exact) mass is 576 g/mol. The summed E-state index contributed by atoms with van der Waals surface area (Å²) in [7, 11) is 1.37. The van der Waals surface area contributed by atoms with Crippen LogP contribution in [0.1, 0.15) is 45.6 Å². The summed E-state index contributed by atoms with van der Waals surface area (Å²) in [5, 5.41) is 7.77. The molecule has 1 unspecified atom stereocenters. The van der Waals surface area contributed by atoms with Gasteiger partial charge in [-0.3, -0.25) is 19.4 Å². The van der Waals surface area contributed by atoms with Crippen LogP contribution in [0.5, 0.6) is 0 Å². The Morgan fingerprint density at radius 1 is 0.952 bits per heavy atom. The van der Waals surface area contributed by atoms with E-state index in [1.54, 1.807) is 12.1 Å². The van der Waals surface area contributed by atoms with E-state index in [4.69, 9.17) is 0 Å². The predicted octanol–water partition coefficient (Wildman–Crippen LogP) is 5.19. The minimum absolute atomic E-state index is 0.0907. The number of rotatable bonds is 8. The average molecular weight is 577 g/mol. The Balaban J connectivity index is 1.51. The Hall–Kier alpha value is -5.06. The number of carbonyl (C=O) groups is 3. The Kier molecular flexibility index (Phi) is 8.01. The number of aromatic nitrogens is 1. The molecule has 1 aromatic heterocycles. The van der Waals surface area contributed by atoms with Crippen molar-refractivity contribution in [3.05, 3.63) is 119 Å². The zero-order valence-corrected chi connectivity index (χ0v) is 22.2. The number of benzene rings is 3. The predicted molar refractivity (Wildman–Crippen MR) is 146 cm³/mol. The number of carbonyl (C=O) groups excluding carboxylic acids is 3. The van der Waals surface area contributed by atoms with Crippen molar-refractivity contribution >= 4 is 23.4 Å². The van der Waals surface area contributed by atoms with Crippen molar-refractivity contribution < 1.29 is 31.9 Å². The maximum absolute atomic E-state index is 14.4. The van der Waals surface area contributed by atoms with E-state index >= 15 is 0 Å². The Morgan fingerprint density at radius 2 is 1.71 bits per heavy atom. The van der Waals surface area contributed by atoms with E-state index in [2.05, 4.69) is 20.9 Å². The van der Waals surface area contributed by atoms with Gasteiger partial charge >= 0.3 is 0 Å². The van der Waals surface area contributed by atoms with Gasteiger partial charge in [-0.1, -0.05) is 18.2 Å². The van der Waals surface area contributed by atoms with Crippen molar-refractivity contribution in [1.82, 2.24) is 15.6 Å². The number of fused-ring (bicyclic) bond motifs is 1. The number of hydrogen-bond donors (Lipinski definition) is 3. The molecule has 0 spiro atoms. The fraction of sp³-hybridized carbons (Fsp3) is 0.161. The van der Waals surface area contributed by atoms with Gasteiger partial charge in [0, 0.05) is 37.0 Å². The normalized spacial score (nSPS) is 14.6. The molecule has 11 heteroatoms. The molecule has 1 aliphatic heterocycles. The van der Waals surface area contributed by atoms with E-state index in [1.165, 1.54) is 43.6 Å². The maximum Gasteiger partial charge on any atom is 0.254 e. The summed E-state index contributed by atoms with van der Waals surface area (Å²) < 4.78 is 56.2. The van der Waals surface area contributed by atoms with Gasteiger partial charge in [0.2, 0.25) is 11.8 Å². The van der Waals surface area contributed by atoms with E-state index in [0.29, 0.717) is 16.7 Å². The molecule has 0 aliphatic carbocycles. The fourth-order valence-corrected chi connectivity index (χ4v) is 5.06. The molecule has 2 heterocycles. The summed E-state index contributed by atoms with van der Waals surface area (Å²) in [6.45, 7) is 0. The molecular formula is C31H24F4N4O3. The lowest BCUT2D eigenvalue weighted by molar-refractivity contribution is -0.125. The van der Waals surface area contributed by atoms with Crippen LogP contribution in [0.2, 0.25) is 0 Å². The van der Waals surface area contributed by atoms with Gasteiger partial charge in [0.25, 0.3) is 5.91 Å². The molecule has 1 aliphatic rings. The summed E-state index contributed by atoms with van der Waals surface area (Å²) in [6, 6.07) is 13.0. The lowest BCUT2D eigenvalue weighted by Crippen LogP contribution is -2.33. The number of halogens is 4. The van der Waals surface area contributed by atoms with Crippen LogP contribution in [0, 0.1) is 23.3 Å². The van der Waals surface area contributed by atoms with E-state index in [9.17, 15) is 31.9 Å². The summed E-state index contributed by atoms with van der Waals surface area (Å²) >= 11 is 0. The topological polar surface area (TPSA) is 100 Å². The molecule has 0 saturated heterocycles. The number of pyridine rings is 1. The minimum Gasteiger partial charge on any atom is -0.355 e. The third-order valence-electron chi connectivity index (χ3n) is 6.97. The molecule has 0 radical (unpaired) electrons. The average Bonchev–Trinajstić information content (AvgIpc) is 3.25. The van der Waals surface area contributed by atoms with E-state index < -0.39 is 53.0 Å². The highest BCUT2D eigenvalue weighted by molar-refractivity contribution is 6.05. The molecule has 2 atom stereocenters. The van der Waals surface area contributed by atoms with Gasteiger partial charge in [-0.2, -0.15) is 0 Å². The van der Waals surface area contributed by atoms with Crippen LogP contribution in [-0.4, -0.2) is 29.8 Å². The molecule has 0 bridgehead atoms. The molecule has 214 valence electrons. The van der Waals surface area contributed by atoms with Crippen molar-refractivity contribution in [2.24, 2.45) is 0 Å².